The van der Waals surface area contributed by atoms with Crippen LogP contribution in [0.25, 0.3) is 0 Å². The first-order valence-corrected chi connectivity index (χ1v) is 12.2. The zero-order chi connectivity index (χ0) is 25.3. The Balaban J connectivity index is 1.78. The van der Waals surface area contributed by atoms with Crippen molar-refractivity contribution < 1.29 is 22.7 Å². The summed E-state index contributed by atoms with van der Waals surface area (Å²) >= 11 is 0. The first-order valence-electron chi connectivity index (χ1n) is 10.7. The summed E-state index contributed by atoms with van der Waals surface area (Å²) in [6.07, 6.45) is 3.06. The van der Waals surface area contributed by atoms with Crippen molar-refractivity contribution in [1.29, 1.82) is 0 Å². The van der Waals surface area contributed by atoms with Crippen LogP contribution in [-0.4, -0.2) is 40.8 Å². The molecule has 0 aliphatic heterocycles. The third-order valence-corrected chi connectivity index (χ3v) is 6.72. The molecule has 0 saturated heterocycles. The second kappa shape index (κ2) is 11.8. The number of hydrogen-bond acceptors (Lipinski definition) is 6. The van der Waals surface area contributed by atoms with Gasteiger partial charge in [0, 0.05) is 0 Å². The number of carbonyl (C=O) groups is 1. The van der Waals surface area contributed by atoms with E-state index in [0.717, 1.165) is 4.31 Å². The number of para-hydroxylation sites is 1. The molecule has 1 N–H and O–H groups in total. The van der Waals surface area contributed by atoms with E-state index in [4.69, 9.17) is 9.47 Å². The second-order valence-corrected chi connectivity index (χ2v) is 9.28. The molecular formula is C26H27N3O5S. The van der Waals surface area contributed by atoms with Crippen molar-refractivity contribution >= 4 is 27.8 Å². The van der Waals surface area contributed by atoms with E-state index in [9.17, 15) is 13.2 Å². The first-order chi connectivity index (χ1) is 16.9. The number of sulfonamides is 1. The van der Waals surface area contributed by atoms with Gasteiger partial charge in [-0.1, -0.05) is 49.1 Å². The lowest BCUT2D eigenvalue weighted by Gasteiger charge is -2.25. The lowest BCUT2D eigenvalue weighted by Crippen LogP contribution is -2.40. The zero-order valence-corrected chi connectivity index (χ0v) is 20.4. The predicted octanol–water partition coefficient (Wildman–Crippen LogP) is 3.91. The average Bonchev–Trinajstić information content (AvgIpc) is 2.87. The molecule has 0 heterocycles. The highest BCUT2D eigenvalue weighted by Crippen LogP contribution is 2.28. The van der Waals surface area contributed by atoms with E-state index >= 15 is 0 Å². The van der Waals surface area contributed by atoms with Crippen LogP contribution in [0.15, 0.2) is 95.4 Å². The number of carbonyl (C=O) groups excluding carboxylic acids is 1. The van der Waals surface area contributed by atoms with Gasteiger partial charge in [0.2, 0.25) is 0 Å². The van der Waals surface area contributed by atoms with E-state index in [1.165, 1.54) is 25.5 Å². The van der Waals surface area contributed by atoms with Gasteiger partial charge in [0.1, 0.15) is 13.2 Å². The maximum atomic E-state index is 13.4. The average molecular weight is 494 g/mol. The highest BCUT2D eigenvalue weighted by Gasteiger charge is 2.28. The molecule has 0 saturated carbocycles. The summed E-state index contributed by atoms with van der Waals surface area (Å²) in [6.45, 7) is 5.29. The smallest absolute Gasteiger partial charge is 0.264 e. The molecule has 0 aliphatic carbocycles. The summed E-state index contributed by atoms with van der Waals surface area (Å²) in [7, 11) is -2.47. The molecule has 0 bridgehead atoms. The van der Waals surface area contributed by atoms with Crippen LogP contribution >= 0.6 is 0 Å². The fraction of sp³-hybridized carbons (Fsp3) is 0.154. The van der Waals surface area contributed by atoms with Crippen molar-refractivity contribution in [2.45, 2.75) is 11.8 Å². The lowest BCUT2D eigenvalue weighted by atomic mass is 10.2. The minimum absolute atomic E-state index is 0.0883. The van der Waals surface area contributed by atoms with Gasteiger partial charge in [0.25, 0.3) is 15.9 Å². The maximum Gasteiger partial charge on any atom is 0.264 e. The zero-order valence-electron chi connectivity index (χ0n) is 19.5. The monoisotopic (exact) mass is 493 g/mol. The molecule has 0 aromatic heterocycles. The highest BCUT2D eigenvalue weighted by molar-refractivity contribution is 7.92. The summed E-state index contributed by atoms with van der Waals surface area (Å²) in [5, 5.41) is 3.97. The molecule has 0 unspecified atom stereocenters. The number of hydrogen-bond donors (Lipinski definition) is 1. The minimum atomic E-state index is -3.99. The van der Waals surface area contributed by atoms with E-state index in [1.807, 2.05) is 0 Å². The van der Waals surface area contributed by atoms with Crippen molar-refractivity contribution in [2.24, 2.45) is 5.10 Å². The number of methoxy groups -OCH3 is 1. The molecule has 3 aromatic carbocycles. The van der Waals surface area contributed by atoms with Crippen molar-refractivity contribution in [2.75, 3.05) is 24.6 Å². The largest absolute Gasteiger partial charge is 0.493 e. The molecule has 0 atom stereocenters. The lowest BCUT2D eigenvalue weighted by molar-refractivity contribution is -0.119. The molecule has 0 spiro atoms. The molecule has 8 nitrogen and oxygen atoms in total. The highest BCUT2D eigenvalue weighted by atomic mass is 32.2. The number of aryl methyl sites for hydroxylation is 1. The second-order valence-electron chi connectivity index (χ2n) is 7.41. The van der Waals surface area contributed by atoms with Crippen LogP contribution in [0.2, 0.25) is 0 Å². The van der Waals surface area contributed by atoms with E-state index in [2.05, 4.69) is 17.1 Å². The summed E-state index contributed by atoms with van der Waals surface area (Å²) < 4.78 is 38.7. The van der Waals surface area contributed by atoms with E-state index in [0.29, 0.717) is 34.9 Å². The normalized spacial score (nSPS) is 11.1. The SMILES string of the molecule is C=CCOc1ccc(C=NNC(=O)CN(c2ccccc2C)S(=O)(=O)c2ccccc2)cc1OC. The van der Waals surface area contributed by atoms with Crippen molar-refractivity contribution in [1.82, 2.24) is 5.43 Å². The molecule has 1 amide bonds. The summed E-state index contributed by atoms with van der Waals surface area (Å²) in [6, 6.07) is 20.1. The number of hydrazone groups is 1. The molecule has 0 radical (unpaired) electrons. The van der Waals surface area contributed by atoms with Gasteiger partial charge in [-0.2, -0.15) is 5.10 Å². The Hall–Kier alpha value is -4.11. The van der Waals surface area contributed by atoms with Gasteiger partial charge < -0.3 is 9.47 Å². The number of anilines is 1. The first kappa shape index (κ1) is 25.5. The molecule has 0 fully saturated rings. The number of benzene rings is 3. The maximum absolute atomic E-state index is 13.4. The number of rotatable bonds is 11. The summed E-state index contributed by atoms with van der Waals surface area (Å²) in [4.78, 5) is 12.8. The molecule has 3 rings (SSSR count). The van der Waals surface area contributed by atoms with Crippen LogP contribution in [0.3, 0.4) is 0 Å². The predicted molar refractivity (Wildman–Crippen MR) is 137 cm³/mol. The van der Waals surface area contributed by atoms with E-state index in [1.54, 1.807) is 73.7 Å². The van der Waals surface area contributed by atoms with Gasteiger partial charge >= 0.3 is 0 Å². The third-order valence-electron chi connectivity index (χ3n) is 4.95. The Labute approximate surface area is 205 Å². The Morgan fingerprint density at radius 2 is 1.77 bits per heavy atom. The van der Waals surface area contributed by atoms with Crippen LogP contribution in [0.4, 0.5) is 5.69 Å². The van der Waals surface area contributed by atoms with E-state index in [-0.39, 0.29) is 4.90 Å². The van der Waals surface area contributed by atoms with Gasteiger partial charge in [-0.25, -0.2) is 13.8 Å². The van der Waals surface area contributed by atoms with Gasteiger partial charge in [-0.15, -0.1) is 0 Å². The molecule has 9 heteroatoms. The fourth-order valence-corrected chi connectivity index (χ4v) is 4.75. The van der Waals surface area contributed by atoms with Crippen molar-refractivity contribution in [3.05, 3.63) is 96.6 Å². The fourth-order valence-electron chi connectivity index (χ4n) is 3.24. The Bertz CT molecular complexity index is 1310. The minimum Gasteiger partial charge on any atom is -0.493 e. The van der Waals surface area contributed by atoms with Crippen LogP contribution in [-0.2, 0) is 14.8 Å². The summed E-state index contributed by atoms with van der Waals surface area (Å²) in [5.74, 6) is 0.456. The van der Waals surface area contributed by atoms with Crippen LogP contribution in [0.1, 0.15) is 11.1 Å². The molecule has 3 aromatic rings. The topological polar surface area (TPSA) is 97.3 Å². The number of nitrogens with one attached hydrogen (secondary N) is 1. The molecule has 0 aliphatic rings. The van der Waals surface area contributed by atoms with Gasteiger partial charge in [0.15, 0.2) is 11.5 Å². The van der Waals surface area contributed by atoms with Gasteiger partial charge in [0.05, 0.1) is 23.9 Å². The van der Waals surface area contributed by atoms with Crippen LogP contribution < -0.4 is 19.2 Å². The third kappa shape index (κ3) is 6.48. The van der Waals surface area contributed by atoms with Crippen molar-refractivity contribution in [3.8, 4) is 11.5 Å². The standard InChI is InChI=1S/C26H27N3O5S/c1-4-16-34-24-15-14-21(17-25(24)33-3)18-27-28-26(30)19-29(23-13-9-8-10-20(23)2)35(31,32)22-11-6-5-7-12-22/h4-15,17-18H,1,16,19H2,2-3H3,(H,28,30). The number of ether oxygens (including phenoxy) is 2. The Morgan fingerprint density at radius 3 is 2.46 bits per heavy atom. The molecular weight excluding hydrogens is 466 g/mol. The Kier molecular flexibility index (Phi) is 8.63. The van der Waals surface area contributed by atoms with Gasteiger partial charge in [-0.05, 0) is 54.4 Å². The van der Waals surface area contributed by atoms with Crippen LogP contribution in [0.5, 0.6) is 11.5 Å². The summed E-state index contributed by atoms with van der Waals surface area (Å²) in [5.41, 5.74) is 4.18. The van der Waals surface area contributed by atoms with Crippen molar-refractivity contribution in [3.63, 3.8) is 0 Å². The van der Waals surface area contributed by atoms with E-state index < -0.39 is 22.5 Å². The number of amides is 1. The number of nitrogens with zero attached hydrogens (tertiary/aromatic N) is 2. The van der Waals surface area contributed by atoms with Gasteiger partial charge in [-0.3, -0.25) is 9.10 Å². The molecule has 182 valence electrons. The van der Waals surface area contributed by atoms with Crippen LogP contribution in [0, 0.1) is 6.92 Å². The quantitative estimate of drug-likeness (QED) is 0.248. The Morgan fingerprint density at radius 1 is 1.06 bits per heavy atom. The molecule has 35 heavy (non-hydrogen) atoms.